The third-order valence-electron chi connectivity index (χ3n) is 1.49. The second kappa shape index (κ2) is 4.62. The maximum atomic E-state index is 6.35. The molecule has 0 saturated heterocycles. The normalized spacial score (nSPS) is 16.0. The van der Waals surface area contributed by atoms with Gasteiger partial charge < -0.3 is 0 Å². The fraction of sp³-hybridized carbons (Fsp3) is 0.500. The monoisotopic (exact) mass is 378 g/mol. The van der Waals surface area contributed by atoms with E-state index < -0.39 is 0 Å². The third kappa shape index (κ3) is 2.86. The number of hydrogen-bond acceptors (Lipinski definition) is 1. The molecule has 0 spiro atoms. The Labute approximate surface area is 104 Å². The molecule has 0 aliphatic rings. The van der Waals surface area contributed by atoms with E-state index >= 15 is 0 Å². The zero-order valence-corrected chi connectivity index (χ0v) is 11.9. The van der Waals surface area contributed by atoms with E-state index in [-0.39, 0.29) is 2.88 Å². The maximum absolute atomic E-state index is 6.35. The van der Waals surface area contributed by atoms with Gasteiger partial charge in [0, 0.05) is 14.7 Å². The quantitative estimate of drug-likeness (QED) is 0.504. The van der Waals surface area contributed by atoms with Gasteiger partial charge in [0.2, 0.25) is 0 Å². The molecule has 0 aromatic carbocycles. The molecule has 4 heteroatoms. The number of halogens is 3. The summed E-state index contributed by atoms with van der Waals surface area (Å²) in [6.45, 7) is 2.15. The second-order valence-corrected chi connectivity index (χ2v) is 7.53. The Morgan fingerprint density at radius 2 is 2.42 bits per heavy atom. The van der Waals surface area contributed by atoms with Gasteiger partial charge in [-0.25, -0.2) is 0 Å². The average Bonchev–Trinajstić information content (AvgIpc) is 2.36. The molecule has 0 nitrogen and oxygen atoms in total. The number of thiophene rings is 1. The van der Waals surface area contributed by atoms with Crippen molar-refractivity contribution in [3.05, 3.63) is 20.8 Å². The largest absolute Gasteiger partial charge is 0.145 e. The molecule has 1 rings (SSSR count). The third-order valence-corrected chi connectivity index (χ3v) is 5.34. The number of hydrogen-bond donors (Lipinski definition) is 0. The van der Waals surface area contributed by atoms with Gasteiger partial charge in [0.25, 0.3) is 0 Å². The summed E-state index contributed by atoms with van der Waals surface area (Å²) >= 11 is 13.8. The van der Waals surface area contributed by atoms with Crippen molar-refractivity contribution in [2.24, 2.45) is 0 Å². The number of rotatable bonds is 3. The summed E-state index contributed by atoms with van der Waals surface area (Å²) in [5.74, 6) is 0. The van der Waals surface area contributed by atoms with Crippen LogP contribution in [0.2, 0.25) is 0 Å². The average molecular weight is 379 g/mol. The molecule has 0 radical (unpaired) electrons. The molecule has 1 heterocycles. The zero-order valence-electron chi connectivity index (χ0n) is 6.61. The summed E-state index contributed by atoms with van der Waals surface area (Å²) in [4.78, 5) is 1.23. The van der Waals surface area contributed by atoms with Crippen molar-refractivity contribution < 1.29 is 0 Å². The first kappa shape index (κ1) is 11.3. The van der Waals surface area contributed by atoms with E-state index in [4.69, 9.17) is 11.6 Å². The fourth-order valence-electron chi connectivity index (χ4n) is 0.942. The Kier molecular flexibility index (Phi) is 4.34. The highest BCUT2D eigenvalue weighted by atomic mass is 127. The highest BCUT2D eigenvalue weighted by Crippen LogP contribution is 2.44. The molecule has 12 heavy (non-hydrogen) atoms. The van der Waals surface area contributed by atoms with Gasteiger partial charge in [-0.05, 0) is 28.4 Å². The summed E-state index contributed by atoms with van der Waals surface area (Å²) in [6, 6.07) is 2.10. The molecule has 0 N–H and O–H groups in total. The molecule has 0 saturated carbocycles. The van der Waals surface area contributed by atoms with Crippen molar-refractivity contribution in [2.75, 3.05) is 0 Å². The molecule has 1 unspecified atom stereocenters. The summed E-state index contributed by atoms with van der Waals surface area (Å²) in [6.07, 6.45) is 2.13. The molecule has 1 aromatic rings. The lowest BCUT2D eigenvalue weighted by atomic mass is 10.2. The topological polar surface area (TPSA) is 0 Å². The predicted octanol–water partition coefficient (Wildman–Crippen LogP) is 5.14. The smallest absolute Gasteiger partial charge is 0.130 e. The van der Waals surface area contributed by atoms with Crippen molar-refractivity contribution in [1.82, 2.24) is 0 Å². The molecule has 0 amide bonds. The molecule has 0 aliphatic heterocycles. The summed E-state index contributed by atoms with van der Waals surface area (Å²) in [5, 5.41) is 2.07. The lowest BCUT2D eigenvalue weighted by molar-refractivity contribution is 0.759. The van der Waals surface area contributed by atoms with Crippen molar-refractivity contribution in [3.63, 3.8) is 0 Å². The first-order valence-corrected chi connectivity index (χ1v) is 6.81. The van der Waals surface area contributed by atoms with E-state index in [0.717, 1.165) is 17.3 Å². The van der Waals surface area contributed by atoms with Gasteiger partial charge in [-0.3, -0.25) is 0 Å². The Hall–Kier alpha value is 1.20. The van der Waals surface area contributed by atoms with Crippen LogP contribution in [-0.4, -0.2) is 0 Å². The van der Waals surface area contributed by atoms with Gasteiger partial charge in [-0.15, -0.1) is 22.9 Å². The molecule has 0 aliphatic carbocycles. The van der Waals surface area contributed by atoms with Gasteiger partial charge in [-0.2, -0.15) is 0 Å². The lowest BCUT2D eigenvalue weighted by Gasteiger charge is -2.16. The van der Waals surface area contributed by atoms with E-state index in [0.29, 0.717) is 0 Å². The van der Waals surface area contributed by atoms with Crippen LogP contribution in [0.1, 0.15) is 24.6 Å². The van der Waals surface area contributed by atoms with Crippen LogP contribution in [0.25, 0.3) is 0 Å². The first-order valence-electron chi connectivity index (χ1n) is 3.68. The van der Waals surface area contributed by atoms with Gasteiger partial charge >= 0.3 is 0 Å². The van der Waals surface area contributed by atoms with Crippen LogP contribution in [0.5, 0.6) is 0 Å². The van der Waals surface area contributed by atoms with Crippen LogP contribution >= 0.6 is 61.5 Å². The predicted molar refractivity (Wildman–Crippen MR) is 68.5 cm³/mol. The van der Waals surface area contributed by atoms with Gasteiger partial charge in [-0.1, -0.05) is 35.9 Å². The molecule has 0 fully saturated rings. The summed E-state index contributed by atoms with van der Waals surface area (Å²) in [7, 11) is 0. The van der Waals surface area contributed by atoms with E-state index in [2.05, 4.69) is 56.9 Å². The van der Waals surface area contributed by atoms with Crippen molar-refractivity contribution in [2.45, 2.75) is 22.6 Å². The molecular formula is C8H9BrClIS. The Morgan fingerprint density at radius 3 is 2.83 bits per heavy atom. The van der Waals surface area contributed by atoms with Crippen LogP contribution in [-0.2, 0) is 2.88 Å². The van der Waals surface area contributed by atoms with Crippen LogP contribution in [0.15, 0.2) is 15.9 Å². The highest BCUT2D eigenvalue weighted by Gasteiger charge is 2.26. The van der Waals surface area contributed by atoms with Crippen LogP contribution in [0.4, 0.5) is 0 Å². The SMILES string of the molecule is CCCC(Cl)(I)c1cc(Br)cs1. The fourth-order valence-corrected chi connectivity index (χ4v) is 3.83. The molecule has 0 bridgehead atoms. The van der Waals surface area contributed by atoms with Crippen LogP contribution in [0.3, 0.4) is 0 Å². The van der Waals surface area contributed by atoms with E-state index in [1.54, 1.807) is 11.3 Å². The molecular weight excluding hydrogens is 370 g/mol. The Bertz CT molecular complexity index is 259. The highest BCUT2D eigenvalue weighted by molar-refractivity contribution is 14.1. The Morgan fingerprint density at radius 1 is 1.75 bits per heavy atom. The van der Waals surface area contributed by atoms with Crippen LogP contribution < -0.4 is 0 Å². The van der Waals surface area contributed by atoms with Crippen molar-refractivity contribution in [1.29, 1.82) is 0 Å². The van der Waals surface area contributed by atoms with E-state index in [1.807, 2.05) is 0 Å². The second-order valence-electron chi connectivity index (χ2n) is 2.58. The molecule has 68 valence electrons. The van der Waals surface area contributed by atoms with E-state index in [1.165, 1.54) is 4.88 Å². The van der Waals surface area contributed by atoms with Gasteiger partial charge in [0.1, 0.15) is 2.88 Å². The summed E-state index contributed by atoms with van der Waals surface area (Å²) < 4.78 is 0.920. The summed E-state index contributed by atoms with van der Waals surface area (Å²) in [5.41, 5.74) is 0. The molecule has 1 atom stereocenters. The molecule has 1 aromatic heterocycles. The number of alkyl halides is 2. The Balaban J connectivity index is 2.81. The first-order chi connectivity index (χ1) is 5.56. The minimum Gasteiger partial charge on any atom is -0.145 e. The maximum Gasteiger partial charge on any atom is 0.130 e. The minimum atomic E-state index is -0.205. The van der Waals surface area contributed by atoms with Crippen LogP contribution in [0, 0.1) is 0 Å². The lowest BCUT2D eigenvalue weighted by Crippen LogP contribution is -2.05. The van der Waals surface area contributed by atoms with Crippen molar-refractivity contribution >= 4 is 61.5 Å². The van der Waals surface area contributed by atoms with Gasteiger partial charge in [0.05, 0.1) is 0 Å². The minimum absolute atomic E-state index is 0.205. The standard InChI is InChI=1S/C8H9BrClIS/c1-2-3-8(10,11)7-4-6(9)5-12-7/h4-5H,2-3H2,1H3. The van der Waals surface area contributed by atoms with Gasteiger partial charge in [0.15, 0.2) is 0 Å². The zero-order chi connectivity index (χ0) is 9.19. The van der Waals surface area contributed by atoms with E-state index in [9.17, 15) is 0 Å². The van der Waals surface area contributed by atoms with Crippen molar-refractivity contribution in [3.8, 4) is 0 Å².